The summed E-state index contributed by atoms with van der Waals surface area (Å²) in [4.78, 5) is 0. The molecule has 0 atom stereocenters. The van der Waals surface area contributed by atoms with E-state index in [2.05, 4.69) is 0 Å². The molecule has 4 heteroatoms. The molecule has 0 aromatic heterocycles. The van der Waals surface area contributed by atoms with Gasteiger partial charge in [-0.3, -0.25) is 0 Å². The van der Waals surface area contributed by atoms with Crippen LogP contribution in [0.15, 0.2) is 30.3 Å². The average molecular weight is 266 g/mol. The summed E-state index contributed by atoms with van der Waals surface area (Å²) in [6, 6.07) is 8.32. The van der Waals surface area contributed by atoms with E-state index < -0.39 is 5.82 Å². The van der Waals surface area contributed by atoms with Crippen LogP contribution in [0.2, 0.25) is 5.02 Å². The molecule has 0 saturated carbocycles. The summed E-state index contributed by atoms with van der Waals surface area (Å²) in [5.74, 6) is 0.454. The van der Waals surface area contributed by atoms with Crippen molar-refractivity contribution in [3.05, 3.63) is 52.3 Å². The Kier molecular flexibility index (Phi) is 3.43. The summed E-state index contributed by atoms with van der Waals surface area (Å²) in [6.45, 7) is 3.95. The highest BCUT2D eigenvalue weighted by Crippen LogP contribution is 2.32. The smallest absolute Gasteiger partial charge is 0.151 e. The molecule has 0 fully saturated rings. The van der Waals surface area contributed by atoms with Gasteiger partial charge < -0.3 is 10.5 Å². The van der Waals surface area contributed by atoms with E-state index in [9.17, 15) is 4.39 Å². The third kappa shape index (κ3) is 2.74. The molecule has 2 aromatic carbocycles. The molecule has 94 valence electrons. The highest BCUT2D eigenvalue weighted by atomic mass is 35.5. The van der Waals surface area contributed by atoms with Crippen LogP contribution in [0.1, 0.15) is 11.1 Å². The molecule has 0 spiro atoms. The van der Waals surface area contributed by atoms with Gasteiger partial charge in [-0.15, -0.1) is 0 Å². The molecule has 0 aliphatic rings. The maximum Gasteiger partial charge on any atom is 0.151 e. The highest BCUT2D eigenvalue weighted by molar-refractivity contribution is 6.31. The Labute approximate surface area is 110 Å². The second-order valence-corrected chi connectivity index (χ2v) is 4.64. The van der Waals surface area contributed by atoms with Gasteiger partial charge in [-0.2, -0.15) is 0 Å². The molecule has 0 bridgehead atoms. The number of anilines is 1. The fourth-order valence-electron chi connectivity index (χ4n) is 1.75. The van der Waals surface area contributed by atoms with Gasteiger partial charge in [-0.1, -0.05) is 17.7 Å². The minimum atomic E-state index is -0.554. The zero-order valence-corrected chi connectivity index (χ0v) is 10.9. The SMILES string of the molecule is Cc1cc(C)cc(Oc2cc(Cl)c(F)cc2N)c1. The number of halogens is 2. The number of nitrogens with two attached hydrogens (primary N) is 1. The van der Waals surface area contributed by atoms with E-state index in [0.717, 1.165) is 17.2 Å². The largest absolute Gasteiger partial charge is 0.455 e. The second kappa shape index (κ2) is 4.86. The Balaban J connectivity index is 2.36. The van der Waals surface area contributed by atoms with Crippen LogP contribution >= 0.6 is 11.6 Å². The van der Waals surface area contributed by atoms with E-state index in [1.165, 1.54) is 6.07 Å². The van der Waals surface area contributed by atoms with E-state index in [-0.39, 0.29) is 10.7 Å². The van der Waals surface area contributed by atoms with Crippen LogP contribution in [-0.2, 0) is 0 Å². The van der Waals surface area contributed by atoms with Crippen LogP contribution in [0, 0.1) is 19.7 Å². The van der Waals surface area contributed by atoms with E-state index in [0.29, 0.717) is 11.5 Å². The molecule has 0 heterocycles. The van der Waals surface area contributed by atoms with Crippen molar-refractivity contribution >= 4 is 17.3 Å². The van der Waals surface area contributed by atoms with Gasteiger partial charge in [0.1, 0.15) is 11.6 Å². The lowest BCUT2D eigenvalue weighted by Gasteiger charge is -2.10. The number of nitrogen functional groups attached to an aromatic ring is 1. The Bertz CT molecular complexity index is 578. The molecule has 0 saturated heterocycles. The van der Waals surface area contributed by atoms with Crippen LogP contribution in [0.4, 0.5) is 10.1 Å². The minimum Gasteiger partial charge on any atom is -0.455 e. The minimum absolute atomic E-state index is 0.0106. The van der Waals surface area contributed by atoms with E-state index in [4.69, 9.17) is 22.1 Å². The van der Waals surface area contributed by atoms with Gasteiger partial charge in [-0.25, -0.2) is 4.39 Å². The molecule has 18 heavy (non-hydrogen) atoms. The topological polar surface area (TPSA) is 35.2 Å². The third-order valence-corrected chi connectivity index (χ3v) is 2.77. The third-order valence-electron chi connectivity index (χ3n) is 2.48. The predicted molar refractivity (Wildman–Crippen MR) is 71.8 cm³/mol. The molecular weight excluding hydrogens is 253 g/mol. The van der Waals surface area contributed by atoms with Crippen molar-refractivity contribution in [3.8, 4) is 11.5 Å². The van der Waals surface area contributed by atoms with Crippen molar-refractivity contribution < 1.29 is 9.13 Å². The zero-order chi connectivity index (χ0) is 13.3. The van der Waals surface area contributed by atoms with Gasteiger partial charge in [0.05, 0.1) is 10.7 Å². The lowest BCUT2D eigenvalue weighted by molar-refractivity contribution is 0.482. The van der Waals surface area contributed by atoms with Gasteiger partial charge in [0.25, 0.3) is 0 Å². The zero-order valence-electron chi connectivity index (χ0n) is 10.1. The summed E-state index contributed by atoms with van der Waals surface area (Å²) in [5, 5.41) is -0.0106. The summed E-state index contributed by atoms with van der Waals surface area (Å²) >= 11 is 5.70. The summed E-state index contributed by atoms with van der Waals surface area (Å²) in [5.41, 5.74) is 8.07. The van der Waals surface area contributed by atoms with Gasteiger partial charge in [0, 0.05) is 12.1 Å². The highest BCUT2D eigenvalue weighted by Gasteiger charge is 2.08. The van der Waals surface area contributed by atoms with Gasteiger partial charge in [-0.05, 0) is 37.1 Å². The fraction of sp³-hybridized carbons (Fsp3) is 0.143. The standard InChI is InChI=1S/C14H13ClFNO/c1-8-3-9(2)5-10(4-8)18-14-6-11(15)12(16)7-13(14)17/h3-7H,17H2,1-2H3. The number of hydrogen-bond acceptors (Lipinski definition) is 2. The lowest BCUT2D eigenvalue weighted by Crippen LogP contribution is -1.94. The Hall–Kier alpha value is -1.74. The fourth-order valence-corrected chi connectivity index (χ4v) is 1.90. The Morgan fingerprint density at radius 1 is 1.06 bits per heavy atom. The van der Waals surface area contributed by atoms with Crippen molar-refractivity contribution in [2.45, 2.75) is 13.8 Å². The number of rotatable bonds is 2. The number of ether oxygens (including phenoxy) is 1. The molecule has 2 nitrogen and oxygen atoms in total. The van der Waals surface area contributed by atoms with Crippen molar-refractivity contribution in [1.29, 1.82) is 0 Å². The molecular formula is C14H13ClFNO. The molecule has 0 aliphatic carbocycles. The first-order valence-corrected chi connectivity index (χ1v) is 5.84. The maximum atomic E-state index is 13.2. The molecule has 2 aromatic rings. The molecule has 0 amide bonds. The number of hydrogen-bond donors (Lipinski definition) is 1. The second-order valence-electron chi connectivity index (χ2n) is 4.23. The van der Waals surface area contributed by atoms with Crippen molar-refractivity contribution in [2.75, 3.05) is 5.73 Å². The maximum absolute atomic E-state index is 13.2. The van der Waals surface area contributed by atoms with Crippen LogP contribution < -0.4 is 10.5 Å². The quantitative estimate of drug-likeness (QED) is 0.813. The Morgan fingerprint density at radius 2 is 1.67 bits per heavy atom. The monoisotopic (exact) mass is 265 g/mol. The molecule has 2 rings (SSSR count). The first-order valence-electron chi connectivity index (χ1n) is 5.46. The van der Waals surface area contributed by atoms with E-state index >= 15 is 0 Å². The van der Waals surface area contributed by atoms with Crippen LogP contribution in [0.3, 0.4) is 0 Å². The van der Waals surface area contributed by atoms with Crippen LogP contribution in [0.5, 0.6) is 11.5 Å². The molecule has 0 aliphatic heterocycles. The average Bonchev–Trinajstić information content (AvgIpc) is 2.24. The lowest BCUT2D eigenvalue weighted by atomic mass is 10.1. The van der Waals surface area contributed by atoms with Crippen LogP contribution in [0.25, 0.3) is 0 Å². The summed E-state index contributed by atoms with van der Waals surface area (Å²) in [7, 11) is 0. The first kappa shape index (κ1) is 12.7. The molecule has 0 unspecified atom stereocenters. The van der Waals surface area contributed by atoms with E-state index in [1.54, 1.807) is 0 Å². The van der Waals surface area contributed by atoms with E-state index in [1.807, 2.05) is 32.0 Å². The first-order chi connectivity index (χ1) is 8.45. The number of aryl methyl sites for hydroxylation is 2. The normalized spacial score (nSPS) is 10.4. The van der Waals surface area contributed by atoms with Gasteiger partial charge >= 0.3 is 0 Å². The summed E-state index contributed by atoms with van der Waals surface area (Å²) < 4.78 is 18.8. The summed E-state index contributed by atoms with van der Waals surface area (Å²) in [6.07, 6.45) is 0. The predicted octanol–water partition coefficient (Wildman–Crippen LogP) is 4.47. The molecule has 2 N–H and O–H groups in total. The van der Waals surface area contributed by atoms with Gasteiger partial charge in [0.15, 0.2) is 5.75 Å². The number of benzene rings is 2. The van der Waals surface area contributed by atoms with Crippen molar-refractivity contribution in [3.63, 3.8) is 0 Å². The van der Waals surface area contributed by atoms with Crippen molar-refractivity contribution in [1.82, 2.24) is 0 Å². The van der Waals surface area contributed by atoms with Crippen molar-refractivity contribution in [2.24, 2.45) is 0 Å². The molecule has 0 radical (unpaired) electrons. The van der Waals surface area contributed by atoms with Gasteiger partial charge in [0.2, 0.25) is 0 Å². The Morgan fingerprint density at radius 3 is 2.28 bits per heavy atom. The van der Waals surface area contributed by atoms with Crippen LogP contribution in [-0.4, -0.2) is 0 Å².